The number of nitrogens with one attached hydrogen (secondary N) is 2. The molecule has 1 fully saturated rings. The molecule has 0 aliphatic carbocycles. The van der Waals surface area contributed by atoms with Gasteiger partial charge in [0.05, 0.1) is 36.0 Å². The maximum absolute atomic E-state index is 14.7. The molecule has 4 heterocycles. The minimum absolute atomic E-state index is 0.175. The van der Waals surface area contributed by atoms with E-state index in [4.69, 9.17) is 4.74 Å². The van der Waals surface area contributed by atoms with Gasteiger partial charge in [0.25, 0.3) is 11.8 Å². The normalized spacial score (nSPS) is 19.1. The van der Waals surface area contributed by atoms with E-state index in [9.17, 15) is 23.5 Å². The lowest BCUT2D eigenvalue weighted by Crippen LogP contribution is -2.47. The second kappa shape index (κ2) is 10.6. The summed E-state index contributed by atoms with van der Waals surface area (Å²) in [5, 5.41) is 13.5. The summed E-state index contributed by atoms with van der Waals surface area (Å²) < 4.78 is 34.8. The van der Waals surface area contributed by atoms with Crippen LogP contribution in [0, 0.1) is 18.6 Å². The van der Waals surface area contributed by atoms with Crippen molar-refractivity contribution >= 4 is 29.2 Å². The first kappa shape index (κ1) is 26.4. The molecule has 3 aromatic rings. The zero-order valence-corrected chi connectivity index (χ0v) is 22.1. The number of morpholine rings is 1. The maximum Gasteiger partial charge on any atom is 0.256 e. The molecule has 8 nitrogen and oxygen atoms in total. The summed E-state index contributed by atoms with van der Waals surface area (Å²) in [6, 6.07) is 8.58. The first-order valence-electron chi connectivity index (χ1n) is 13.4. The summed E-state index contributed by atoms with van der Waals surface area (Å²) in [6.45, 7) is 5.76. The number of aliphatic hydroxyl groups excluding tert-OH is 1. The number of fused-ring (bicyclic) bond motifs is 2. The molecule has 3 aliphatic heterocycles. The molecule has 1 saturated heterocycles. The quantitative estimate of drug-likeness (QED) is 0.410. The molecule has 1 unspecified atom stereocenters. The SMILES string of the molecule is Cc1c(/C=C2\C(=O)Nc3cccc(-c4c(F)cccc4F)c32)[nH]c2c1C(=O)N(CC(O)CN1CCOCC1)CC2. The molecular weight excluding hydrogens is 518 g/mol. The molecule has 2 aromatic carbocycles. The summed E-state index contributed by atoms with van der Waals surface area (Å²) in [5.74, 6) is -2.02. The molecule has 1 aromatic heterocycles. The smallest absolute Gasteiger partial charge is 0.256 e. The highest BCUT2D eigenvalue weighted by Gasteiger charge is 2.33. The van der Waals surface area contributed by atoms with Gasteiger partial charge in [0.15, 0.2) is 0 Å². The van der Waals surface area contributed by atoms with Crippen molar-refractivity contribution in [2.24, 2.45) is 0 Å². The summed E-state index contributed by atoms with van der Waals surface area (Å²) in [7, 11) is 0. The molecule has 0 bridgehead atoms. The van der Waals surface area contributed by atoms with Gasteiger partial charge in [0.2, 0.25) is 0 Å². The van der Waals surface area contributed by atoms with Crippen LogP contribution in [0.25, 0.3) is 22.8 Å². The van der Waals surface area contributed by atoms with Crippen LogP contribution in [-0.2, 0) is 16.0 Å². The van der Waals surface area contributed by atoms with Crippen LogP contribution in [0.2, 0.25) is 0 Å². The van der Waals surface area contributed by atoms with Crippen LogP contribution in [0.1, 0.15) is 32.9 Å². The van der Waals surface area contributed by atoms with Crippen LogP contribution >= 0.6 is 0 Å². The highest BCUT2D eigenvalue weighted by molar-refractivity contribution is 6.36. The maximum atomic E-state index is 14.7. The van der Waals surface area contributed by atoms with Crippen LogP contribution < -0.4 is 5.32 Å². The fourth-order valence-electron chi connectivity index (χ4n) is 5.87. The van der Waals surface area contributed by atoms with Gasteiger partial charge in [0, 0.05) is 61.8 Å². The number of halogens is 2. The number of hydrogen-bond donors (Lipinski definition) is 3. The number of carbonyl (C=O) groups is 2. The topological polar surface area (TPSA) is 97.9 Å². The summed E-state index contributed by atoms with van der Waals surface area (Å²) in [4.78, 5) is 33.6. The van der Waals surface area contributed by atoms with E-state index in [1.54, 1.807) is 29.2 Å². The minimum Gasteiger partial charge on any atom is -0.390 e. The first-order chi connectivity index (χ1) is 19.3. The van der Waals surface area contributed by atoms with E-state index in [-0.39, 0.29) is 29.2 Å². The number of β-amino-alcohol motifs (C(OH)–C–C–N with tert-alkyl or cyclic N) is 1. The predicted molar refractivity (Wildman–Crippen MR) is 147 cm³/mol. The van der Waals surface area contributed by atoms with Gasteiger partial charge in [-0.25, -0.2) is 8.78 Å². The second-order valence-electron chi connectivity index (χ2n) is 10.4. The number of nitrogens with zero attached hydrogens (tertiary/aromatic N) is 2. The van der Waals surface area contributed by atoms with Crippen molar-refractivity contribution in [3.8, 4) is 11.1 Å². The molecule has 3 aliphatic rings. The van der Waals surface area contributed by atoms with E-state index in [0.717, 1.165) is 18.8 Å². The third kappa shape index (κ3) is 4.72. The number of aromatic nitrogens is 1. The largest absolute Gasteiger partial charge is 0.390 e. The number of carbonyl (C=O) groups excluding carboxylic acids is 2. The number of ether oxygens (including phenoxy) is 1. The number of aliphatic hydroxyl groups is 1. The van der Waals surface area contributed by atoms with Gasteiger partial charge in [-0.1, -0.05) is 18.2 Å². The first-order valence-corrected chi connectivity index (χ1v) is 13.4. The van der Waals surface area contributed by atoms with Crippen molar-refractivity contribution in [1.29, 1.82) is 0 Å². The van der Waals surface area contributed by atoms with E-state index >= 15 is 0 Å². The molecule has 208 valence electrons. The van der Waals surface area contributed by atoms with E-state index in [1.807, 2.05) is 6.92 Å². The number of aromatic amines is 1. The highest BCUT2D eigenvalue weighted by Crippen LogP contribution is 2.42. The Kier molecular flexibility index (Phi) is 6.99. The standard InChI is InChI=1S/C30H30F2N4O4/c1-17-25(33-24-8-9-36(30(39)26(17)24)16-18(37)15-35-10-12-40-13-11-35)14-20-27-19(4-2-7-23(27)34-29(20)38)28-21(31)5-3-6-22(28)32/h2-7,14,18,33,37H,8-13,15-16H2,1H3,(H,34,38)/b20-14-. The lowest BCUT2D eigenvalue weighted by molar-refractivity contribution is -0.110. The van der Waals surface area contributed by atoms with E-state index < -0.39 is 23.6 Å². The molecule has 2 amide bonds. The Balaban J connectivity index is 1.30. The van der Waals surface area contributed by atoms with Crippen molar-refractivity contribution in [3.05, 3.63) is 76.1 Å². The van der Waals surface area contributed by atoms with Crippen molar-refractivity contribution in [2.45, 2.75) is 19.4 Å². The van der Waals surface area contributed by atoms with Gasteiger partial charge < -0.3 is 25.0 Å². The van der Waals surface area contributed by atoms with Crippen LogP contribution in [0.3, 0.4) is 0 Å². The van der Waals surface area contributed by atoms with Crippen LogP contribution in [0.5, 0.6) is 0 Å². The zero-order valence-electron chi connectivity index (χ0n) is 22.1. The van der Waals surface area contributed by atoms with Crippen molar-refractivity contribution in [2.75, 3.05) is 51.3 Å². The monoisotopic (exact) mass is 548 g/mol. The number of anilines is 1. The fraction of sp³-hybridized carbons (Fsp3) is 0.333. The molecule has 0 saturated carbocycles. The Hall–Kier alpha value is -3.86. The lowest BCUT2D eigenvalue weighted by atomic mass is 9.93. The number of rotatable bonds is 6. The zero-order chi connectivity index (χ0) is 28.0. The third-order valence-electron chi connectivity index (χ3n) is 7.85. The van der Waals surface area contributed by atoms with E-state index in [0.29, 0.717) is 60.8 Å². The second-order valence-corrected chi connectivity index (χ2v) is 10.4. The van der Waals surface area contributed by atoms with Gasteiger partial charge in [-0.15, -0.1) is 0 Å². The molecule has 0 spiro atoms. The van der Waals surface area contributed by atoms with Crippen molar-refractivity contribution in [3.63, 3.8) is 0 Å². The van der Waals surface area contributed by atoms with E-state index in [1.165, 1.54) is 18.2 Å². The van der Waals surface area contributed by atoms with Crippen LogP contribution in [-0.4, -0.2) is 83.7 Å². The molecule has 3 N–H and O–H groups in total. The third-order valence-corrected chi connectivity index (χ3v) is 7.85. The van der Waals surface area contributed by atoms with Gasteiger partial charge in [-0.2, -0.15) is 0 Å². The van der Waals surface area contributed by atoms with Crippen LogP contribution in [0.4, 0.5) is 14.5 Å². The highest BCUT2D eigenvalue weighted by atomic mass is 19.1. The number of H-pyrrole nitrogens is 1. The Morgan fingerprint density at radius 3 is 2.48 bits per heavy atom. The summed E-state index contributed by atoms with van der Waals surface area (Å²) >= 11 is 0. The molecule has 6 rings (SSSR count). The predicted octanol–water partition coefficient (Wildman–Crippen LogP) is 3.45. The number of hydrogen-bond acceptors (Lipinski definition) is 5. The fourth-order valence-corrected chi connectivity index (χ4v) is 5.87. The van der Waals surface area contributed by atoms with Crippen LogP contribution in [0.15, 0.2) is 36.4 Å². The summed E-state index contributed by atoms with van der Waals surface area (Å²) in [6.07, 6.45) is 1.53. The average molecular weight is 549 g/mol. The van der Waals surface area contributed by atoms with Gasteiger partial charge in [-0.3, -0.25) is 14.5 Å². The average Bonchev–Trinajstić information content (AvgIpc) is 3.42. The van der Waals surface area contributed by atoms with Gasteiger partial charge >= 0.3 is 0 Å². The Labute approximate surface area is 230 Å². The molecule has 10 heteroatoms. The van der Waals surface area contributed by atoms with Gasteiger partial charge in [-0.05, 0) is 42.3 Å². The Bertz CT molecular complexity index is 1510. The van der Waals surface area contributed by atoms with E-state index in [2.05, 4.69) is 15.2 Å². The molecule has 0 radical (unpaired) electrons. The van der Waals surface area contributed by atoms with Gasteiger partial charge in [0.1, 0.15) is 11.6 Å². The number of amides is 2. The van der Waals surface area contributed by atoms with Crippen molar-refractivity contribution < 1.29 is 28.2 Å². The number of benzene rings is 2. The Morgan fingerprint density at radius 1 is 1.00 bits per heavy atom. The Morgan fingerprint density at radius 2 is 1.73 bits per heavy atom. The molecule has 40 heavy (non-hydrogen) atoms. The minimum atomic E-state index is -0.722. The summed E-state index contributed by atoms with van der Waals surface area (Å²) in [5.41, 5.74) is 3.73. The lowest BCUT2D eigenvalue weighted by Gasteiger charge is -2.32. The molecular formula is C30H30F2N4O4. The van der Waals surface area contributed by atoms with Crippen molar-refractivity contribution in [1.82, 2.24) is 14.8 Å². The molecule has 1 atom stereocenters.